The fraction of sp³-hybridized carbons (Fsp3) is 0.455. The minimum absolute atomic E-state index is 0.0663. The SMILES string of the molecule is CC[C@H](C)Oc1ccccc1NC(=O)N1CCCN(Cc2cccnc2)CC1. The van der Waals surface area contributed by atoms with Crippen LogP contribution in [0.25, 0.3) is 0 Å². The second kappa shape index (κ2) is 10.1. The van der Waals surface area contributed by atoms with E-state index < -0.39 is 0 Å². The molecule has 1 fully saturated rings. The van der Waals surface area contributed by atoms with Gasteiger partial charge < -0.3 is 15.0 Å². The smallest absolute Gasteiger partial charge is 0.321 e. The maximum Gasteiger partial charge on any atom is 0.321 e. The minimum Gasteiger partial charge on any atom is -0.489 e. The van der Waals surface area contributed by atoms with Crippen molar-refractivity contribution in [2.75, 3.05) is 31.5 Å². The summed E-state index contributed by atoms with van der Waals surface area (Å²) >= 11 is 0. The van der Waals surface area contributed by atoms with E-state index in [1.807, 2.05) is 48.4 Å². The number of urea groups is 1. The van der Waals surface area contributed by atoms with Crippen molar-refractivity contribution in [3.8, 4) is 5.75 Å². The zero-order valence-electron chi connectivity index (χ0n) is 16.8. The van der Waals surface area contributed by atoms with Gasteiger partial charge in [-0.25, -0.2) is 4.79 Å². The van der Waals surface area contributed by atoms with Crippen LogP contribution in [0.3, 0.4) is 0 Å². The van der Waals surface area contributed by atoms with Gasteiger partial charge in [-0.1, -0.05) is 25.1 Å². The number of hydrogen-bond donors (Lipinski definition) is 1. The Bertz CT molecular complexity index is 753. The van der Waals surface area contributed by atoms with Gasteiger partial charge in [-0.05, 0) is 43.5 Å². The van der Waals surface area contributed by atoms with Gasteiger partial charge in [0.15, 0.2) is 0 Å². The number of benzene rings is 1. The molecule has 0 spiro atoms. The van der Waals surface area contributed by atoms with E-state index in [9.17, 15) is 4.79 Å². The van der Waals surface area contributed by atoms with Gasteiger partial charge in [0.1, 0.15) is 5.75 Å². The second-order valence-electron chi connectivity index (χ2n) is 7.24. The first-order valence-electron chi connectivity index (χ1n) is 10.1. The maximum atomic E-state index is 12.8. The molecule has 2 amide bonds. The number of nitrogens with one attached hydrogen (secondary N) is 1. The maximum absolute atomic E-state index is 12.8. The van der Waals surface area contributed by atoms with E-state index in [-0.39, 0.29) is 12.1 Å². The zero-order chi connectivity index (χ0) is 19.8. The van der Waals surface area contributed by atoms with Gasteiger partial charge >= 0.3 is 6.03 Å². The van der Waals surface area contributed by atoms with E-state index in [0.717, 1.165) is 50.5 Å². The molecule has 1 aliphatic rings. The van der Waals surface area contributed by atoms with Crippen LogP contribution in [0.4, 0.5) is 10.5 Å². The van der Waals surface area contributed by atoms with Crippen LogP contribution in [0.1, 0.15) is 32.3 Å². The highest BCUT2D eigenvalue weighted by Crippen LogP contribution is 2.26. The molecule has 2 aromatic rings. The van der Waals surface area contributed by atoms with Crippen LogP contribution >= 0.6 is 0 Å². The monoisotopic (exact) mass is 382 g/mol. The molecule has 3 rings (SSSR count). The number of para-hydroxylation sites is 2. The van der Waals surface area contributed by atoms with Crippen LogP contribution < -0.4 is 10.1 Å². The third-order valence-electron chi connectivity index (χ3n) is 5.04. The molecule has 28 heavy (non-hydrogen) atoms. The topological polar surface area (TPSA) is 57.7 Å². The third kappa shape index (κ3) is 5.70. The molecule has 1 saturated heterocycles. The van der Waals surface area contributed by atoms with Crippen molar-refractivity contribution in [1.29, 1.82) is 0 Å². The van der Waals surface area contributed by atoms with E-state index in [0.29, 0.717) is 6.54 Å². The van der Waals surface area contributed by atoms with Gasteiger partial charge in [-0.3, -0.25) is 9.88 Å². The average Bonchev–Trinajstić information content (AvgIpc) is 2.96. The predicted molar refractivity (Wildman–Crippen MR) is 112 cm³/mol. The van der Waals surface area contributed by atoms with Gasteiger partial charge in [-0.15, -0.1) is 0 Å². The van der Waals surface area contributed by atoms with Crippen LogP contribution in [-0.4, -0.2) is 53.1 Å². The number of hydrogen-bond acceptors (Lipinski definition) is 4. The standard InChI is InChI=1S/C22H30N4O2/c1-3-18(2)28-21-10-5-4-9-20(21)24-22(27)26-13-7-12-25(14-15-26)17-19-8-6-11-23-16-19/h4-6,8-11,16,18H,3,7,12-15,17H2,1-2H3,(H,24,27)/t18-/m0/s1. The first kappa shape index (κ1) is 20.1. The molecule has 0 aliphatic carbocycles. The molecule has 1 aliphatic heterocycles. The predicted octanol–water partition coefficient (Wildman–Crippen LogP) is 4.00. The van der Waals surface area contributed by atoms with Crippen molar-refractivity contribution in [3.05, 3.63) is 54.4 Å². The summed E-state index contributed by atoms with van der Waals surface area (Å²) in [5, 5.41) is 3.04. The van der Waals surface area contributed by atoms with Crippen molar-refractivity contribution in [2.45, 2.75) is 39.3 Å². The normalized spacial score (nSPS) is 16.3. The highest BCUT2D eigenvalue weighted by Gasteiger charge is 2.20. The van der Waals surface area contributed by atoms with Crippen molar-refractivity contribution in [1.82, 2.24) is 14.8 Å². The van der Waals surface area contributed by atoms with E-state index in [4.69, 9.17) is 4.74 Å². The summed E-state index contributed by atoms with van der Waals surface area (Å²) in [7, 11) is 0. The molecule has 0 radical (unpaired) electrons. The molecule has 0 saturated carbocycles. The Labute approximate surface area is 167 Å². The summed E-state index contributed by atoms with van der Waals surface area (Å²) in [6.07, 6.45) is 5.68. The number of aromatic nitrogens is 1. The molecule has 1 aromatic carbocycles. The number of nitrogens with zero attached hydrogens (tertiary/aromatic N) is 3. The van der Waals surface area contributed by atoms with Crippen molar-refractivity contribution >= 4 is 11.7 Å². The molecule has 1 aromatic heterocycles. The highest BCUT2D eigenvalue weighted by atomic mass is 16.5. The molecule has 6 heteroatoms. The summed E-state index contributed by atoms with van der Waals surface area (Å²) in [6.45, 7) is 8.28. The van der Waals surface area contributed by atoms with Crippen molar-refractivity contribution < 1.29 is 9.53 Å². The summed E-state index contributed by atoms with van der Waals surface area (Å²) in [5.74, 6) is 0.721. The van der Waals surface area contributed by atoms with Crippen LogP contribution in [0.15, 0.2) is 48.8 Å². The van der Waals surface area contributed by atoms with Crippen LogP contribution in [0.5, 0.6) is 5.75 Å². The molecule has 0 unspecified atom stereocenters. The molecule has 1 atom stereocenters. The Kier molecular flexibility index (Phi) is 7.25. The molecule has 0 bridgehead atoms. The van der Waals surface area contributed by atoms with Gasteiger partial charge in [-0.2, -0.15) is 0 Å². The Morgan fingerprint density at radius 3 is 2.82 bits per heavy atom. The van der Waals surface area contributed by atoms with Crippen molar-refractivity contribution in [2.24, 2.45) is 0 Å². The van der Waals surface area contributed by atoms with Crippen LogP contribution in [0, 0.1) is 0 Å². The fourth-order valence-electron chi connectivity index (χ4n) is 3.25. The largest absolute Gasteiger partial charge is 0.489 e. The van der Waals surface area contributed by atoms with Crippen LogP contribution in [0.2, 0.25) is 0 Å². The molecule has 6 nitrogen and oxygen atoms in total. The van der Waals surface area contributed by atoms with Gasteiger partial charge in [0.25, 0.3) is 0 Å². The van der Waals surface area contributed by atoms with Crippen LogP contribution in [-0.2, 0) is 6.54 Å². The van der Waals surface area contributed by atoms with Gasteiger partial charge in [0.2, 0.25) is 0 Å². The number of rotatable bonds is 6. The molecule has 150 valence electrons. The minimum atomic E-state index is -0.0663. The van der Waals surface area contributed by atoms with E-state index in [1.54, 1.807) is 6.20 Å². The first-order chi connectivity index (χ1) is 13.7. The first-order valence-corrected chi connectivity index (χ1v) is 10.1. The molecular weight excluding hydrogens is 352 g/mol. The van der Waals surface area contributed by atoms with E-state index >= 15 is 0 Å². The summed E-state index contributed by atoms with van der Waals surface area (Å²) in [5.41, 5.74) is 1.93. The Balaban J connectivity index is 1.57. The molecular formula is C22H30N4O2. The number of ether oxygens (including phenoxy) is 1. The molecule has 2 heterocycles. The van der Waals surface area contributed by atoms with E-state index in [2.05, 4.69) is 28.2 Å². The van der Waals surface area contributed by atoms with E-state index in [1.165, 1.54) is 5.56 Å². The van der Waals surface area contributed by atoms with Crippen molar-refractivity contribution in [3.63, 3.8) is 0 Å². The number of carbonyl (C=O) groups is 1. The lowest BCUT2D eigenvalue weighted by atomic mass is 10.2. The van der Waals surface area contributed by atoms with Gasteiger partial charge in [0.05, 0.1) is 11.8 Å². The second-order valence-corrected chi connectivity index (χ2v) is 7.24. The summed E-state index contributed by atoms with van der Waals surface area (Å²) in [4.78, 5) is 21.3. The Hall–Kier alpha value is -2.60. The third-order valence-corrected chi connectivity index (χ3v) is 5.04. The summed E-state index contributed by atoms with van der Waals surface area (Å²) in [6, 6.07) is 11.6. The number of pyridine rings is 1. The number of anilines is 1. The average molecular weight is 383 g/mol. The lowest BCUT2D eigenvalue weighted by Crippen LogP contribution is -2.38. The zero-order valence-corrected chi connectivity index (χ0v) is 16.8. The Morgan fingerprint density at radius 1 is 1.18 bits per heavy atom. The highest BCUT2D eigenvalue weighted by molar-refractivity contribution is 5.91. The number of carbonyl (C=O) groups excluding carboxylic acids is 1. The quantitative estimate of drug-likeness (QED) is 0.820. The fourth-order valence-corrected chi connectivity index (χ4v) is 3.25. The Morgan fingerprint density at radius 2 is 2.04 bits per heavy atom. The lowest BCUT2D eigenvalue weighted by Gasteiger charge is -2.23. The lowest BCUT2D eigenvalue weighted by molar-refractivity contribution is 0.208. The molecule has 1 N–H and O–H groups in total. The van der Waals surface area contributed by atoms with Gasteiger partial charge in [0, 0.05) is 45.1 Å². The summed E-state index contributed by atoms with van der Waals surface area (Å²) < 4.78 is 5.94. The number of amides is 2.